The van der Waals surface area contributed by atoms with Crippen molar-refractivity contribution in [3.63, 3.8) is 0 Å². The van der Waals surface area contributed by atoms with Crippen LogP contribution in [0, 0.1) is 11.8 Å². The zero-order valence-electron chi connectivity index (χ0n) is 16.0. The minimum atomic E-state index is 0.235. The van der Waals surface area contributed by atoms with Crippen LogP contribution in [0.15, 0.2) is 43.0 Å². The summed E-state index contributed by atoms with van der Waals surface area (Å²) >= 11 is 0. The zero-order chi connectivity index (χ0) is 19.1. The van der Waals surface area contributed by atoms with Gasteiger partial charge in [0.25, 0.3) is 0 Å². The summed E-state index contributed by atoms with van der Waals surface area (Å²) in [6.45, 7) is 6.45. The van der Waals surface area contributed by atoms with E-state index in [1.807, 2.05) is 46.1 Å². The molecule has 7 nitrogen and oxygen atoms in total. The van der Waals surface area contributed by atoms with E-state index in [0.29, 0.717) is 18.3 Å². The number of amides is 1. The van der Waals surface area contributed by atoms with Crippen molar-refractivity contribution < 1.29 is 4.79 Å². The van der Waals surface area contributed by atoms with Crippen LogP contribution in [-0.2, 0) is 17.8 Å². The standard InChI is InChI=1S/C21H24N6O/c1-2-25-14-24-19-20(25)22-13-23-21(19)27-11-16-9-26(10-17(16)12-27)18(28)8-15-6-4-3-5-7-15/h3-7,13-14,16-17H,2,8-12H2,1H3. The molecule has 144 valence electrons. The highest BCUT2D eigenvalue weighted by Crippen LogP contribution is 2.35. The number of imidazole rings is 1. The predicted octanol–water partition coefficient (Wildman–Crippen LogP) is 1.98. The number of carbonyl (C=O) groups is 1. The topological polar surface area (TPSA) is 67.2 Å². The van der Waals surface area contributed by atoms with Crippen LogP contribution in [0.25, 0.3) is 11.2 Å². The van der Waals surface area contributed by atoms with Gasteiger partial charge in [-0.1, -0.05) is 30.3 Å². The summed E-state index contributed by atoms with van der Waals surface area (Å²) in [5.41, 5.74) is 2.85. The van der Waals surface area contributed by atoms with E-state index in [4.69, 9.17) is 0 Å². The largest absolute Gasteiger partial charge is 0.354 e. The van der Waals surface area contributed by atoms with Gasteiger partial charge in [0.2, 0.25) is 5.91 Å². The third kappa shape index (κ3) is 2.91. The van der Waals surface area contributed by atoms with Crippen molar-refractivity contribution in [3.05, 3.63) is 48.5 Å². The van der Waals surface area contributed by atoms with Gasteiger partial charge in [-0.3, -0.25) is 4.79 Å². The quantitative estimate of drug-likeness (QED) is 0.697. The summed E-state index contributed by atoms with van der Waals surface area (Å²) < 4.78 is 2.04. The van der Waals surface area contributed by atoms with E-state index in [1.54, 1.807) is 6.33 Å². The van der Waals surface area contributed by atoms with Gasteiger partial charge in [-0.05, 0) is 12.5 Å². The maximum atomic E-state index is 12.7. The monoisotopic (exact) mass is 376 g/mol. The SMILES string of the molecule is CCn1cnc2c(N3CC4CN(C(=O)Cc5ccccc5)CC4C3)ncnc21. The molecule has 2 aliphatic rings. The summed E-state index contributed by atoms with van der Waals surface area (Å²) in [4.78, 5) is 30.5. The number of anilines is 1. The number of benzene rings is 1. The highest BCUT2D eigenvalue weighted by Gasteiger charge is 2.42. The molecule has 4 heterocycles. The summed E-state index contributed by atoms with van der Waals surface area (Å²) in [5, 5.41) is 0. The smallest absolute Gasteiger partial charge is 0.227 e. The Kier molecular flexibility index (Phi) is 4.22. The first-order valence-corrected chi connectivity index (χ1v) is 9.95. The number of fused-ring (bicyclic) bond motifs is 2. The molecule has 3 aromatic rings. The number of hydrogen-bond acceptors (Lipinski definition) is 5. The van der Waals surface area contributed by atoms with Crippen molar-refractivity contribution >= 4 is 22.9 Å². The van der Waals surface area contributed by atoms with Crippen LogP contribution in [0.4, 0.5) is 5.82 Å². The molecule has 0 N–H and O–H groups in total. The molecule has 0 radical (unpaired) electrons. The fourth-order valence-electron chi connectivity index (χ4n) is 4.58. The minimum Gasteiger partial charge on any atom is -0.354 e. The Hall–Kier alpha value is -2.96. The van der Waals surface area contributed by atoms with Gasteiger partial charge in [-0.25, -0.2) is 15.0 Å². The lowest BCUT2D eigenvalue weighted by Gasteiger charge is -2.22. The molecule has 0 bridgehead atoms. The van der Waals surface area contributed by atoms with Crippen molar-refractivity contribution in [1.29, 1.82) is 0 Å². The molecule has 0 aliphatic carbocycles. The third-order valence-electron chi connectivity index (χ3n) is 6.06. The van der Waals surface area contributed by atoms with E-state index in [0.717, 1.165) is 55.3 Å². The number of rotatable bonds is 4. The summed E-state index contributed by atoms with van der Waals surface area (Å²) in [6, 6.07) is 10.00. The first-order valence-electron chi connectivity index (χ1n) is 9.95. The maximum Gasteiger partial charge on any atom is 0.227 e. The molecule has 5 rings (SSSR count). The second-order valence-corrected chi connectivity index (χ2v) is 7.79. The maximum absolute atomic E-state index is 12.7. The van der Waals surface area contributed by atoms with Gasteiger partial charge < -0.3 is 14.4 Å². The van der Waals surface area contributed by atoms with Gasteiger partial charge in [0.05, 0.1) is 12.7 Å². The average Bonchev–Trinajstić information content (AvgIpc) is 3.41. The van der Waals surface area contributed by atoms with E-state index in [2.05, 4.69) is 26.8 Å². The lowest BCUT2D eigenvalue weighted by molar-refractivity contribution is -0.129. The predicted molar refractivity (Wildman–Crippen MR) is 107 cm³/mol. The van der Waals surface area contributed by atoms with Crippen LogP contribution < -0.4 is 4.90 Å². The molecule has 0 saturated carbocycles. The Balaban J connectivity index is 1.27. The second-order valence-electron chi connectivity index (χ2n) is 7.79. The van der Waals surface area contributed by atoms with Crippen molar-refractivity contribution in [2.75, 3.05) is 31.1 Å². The van der Waals surface area contributed by atoms with Gasteiger partial charge in [0, 0.05) is 44.6 Å². The van der Waals surface area contributed by atoms with Crippen LogP contribution in [0.1, 0.15) is 12.5 Å². The first-order chi connectivity index (χ1) is 13.7. The molecule has 2 unspecified atom stereocenters. The highest BCUT2D eigenvalue weighted by atomic mass is 16.2. The van der Waals surface area contributed by atoms with Crippen LogP contribution in [0.3, 0.4) is 0 Å². The summed E-state index contributed by atoms with van der Waals surface area (Å²) in [5.74, 6) is 2.16. The molecule has 2 aromatic heterocycles. The van der Waals surface area contributed by atoms with E-state index in [-0.39, 0.29) is 5.91 Å². The third-order valence-corrected chi connectivity index (χ3v) is 6.06. The molecule has 2 fully saturated rings. The molecule has 28 heavy (non-hydrogen) atoms. The lowest BCUT2D eigenvalue weighted by Crippen LogP contribution is -2.34. The van der Waals surface area contributed by atoms with E-state index in [9.17, 15) is 4.79 Å². The van der Waals surface area contributed by atoms with Crippen molar-refractivity contribution in [2.45, 2.75) is 19.9 Å². The molecule has 1 aromatic carbocycles. The summed E-state index contributed by atoms with van der Waals surface area (Å²) in [6.07, 6.45) is 3.96. The highest BCUT2D eigenvalue weighted by molar-refractivity contribution is 5.83. The Morgan fingerprint density at radius 2 is 1.79 bits per heavy atom. The molecule has 7 heteroatoms. The van der Waals surface area contributed by atoms with Gasteiger partial charge in [0.1, 0.15) is 6.33 Å². The molecule has 0 spiro atoms. The van der Waals surface area contributed by atoms with E-state index in [1.165, 1.54) is 0 Å². The minimum absolute atomic E-state index is 0.235. The fourth-order valence-corrected chi connectivity index (χ4v) is 4.58. The molecular weight excluding hydrogens is 352 g/mol. The van der Waals surface area contributed by atoms with Crippen molar-refractivity contribution in [1.82, 2.24) is 24.4 Å². The van der Waals surface area contributed by atoms with Crippen LogP contribution in [0.5, 0.6) is 0 Å². The van der Waals surface area contributed by atoms with Gasteiger partial charge in [-0.15, -0.1) is 0 Å². The lowest BCUT2D eigenvalue weighted by atomic mass is 10.0. The molecule has 1 amide bonds. The normalized spacial score (nSPS) is 21.5. The Morgan fingerprint density at radius 3 is 2.50 bits per heavy atom. The summed E-state index contributed by atoms with van der Waals surface area (Å²) in [7, 11) is 0. The molecule has 2 atom stereocenters. The van der Waals surface area contributed by atoms with Crippen molar-refractivity contribution in [3.8, 4) is 0 Å². The number of hydrogen-bond donors (Lipinski definition) is 0. The Labute approximate surface area is 164 Å². The van der Waals surface area contributed by atoms with Crippen LogP contribution in [0.2, 0.25) is 0 Å². The van der Waals surface area contributed by atoms with E-state index < -0.39 is 0 Å². The second kappa shape index (κ2) is 6.89. The van der Waals surface area contributed by atoms with Gasteiger partial charge in [0.15, 0.2) is 17.0 Å². The number of likely N-dealkylation sites (tertiary alicyclic amines) is 1. The molecule has 2 aliphatic heterocycles. The fraction of sp³-hybridized carbons (Fsp3) is 0.429. The average molecular weight is 376 g/mol. The van der Waals surface area contributed by atoms with Crippen LogP contribution >= 0.6 is 0 Å². The first kappa shape index (κ1) is 17.2. The number of nitrogens with zero attached hydrogens (tertiary/aromatic N) is 6. The number of carbonyl (C=O) groups excluding carboxylic acids is 1. The van der Waals surface area contributed by atoms with Gasteiger partial charge in [-0.2, -0.15) is 0 Å². The zero-order valence-corrected chi connectivity index (χ0v) is 16.0. The number of aromatic nitrogens is 4. The Morgan fingerprint density at radius 1 is 1.04 bits per heavy atom. The number of aryl methyl sites for hydroxylation is 1. The van der Waals surface area contributed by atoms with Crippen molar-refractivity contribution in [2.24, 2.45) is 11.8 Å². The molecular formula is C21H24N6O. The van der Waals surface area contributed by atoms with Gasteiger partial charge >= 0.3 is 0 Å². The van der Waals surface area contributed by atoms with Crippen LogP contribution in [-0.4, -0.2) is 56.5 Å². The van der Waals surface area contributed by atoms with E-state index >= 15 is 0 Å². The Bertz CT molecular complexity index is 987. The molecule has 2 saturated heterocycles.